The molecule has 0 aliphatic heterocycles. The van der Waals surface area contributed by atoms with Crippen LogP contribution in [0.15, 0.2) is 12.2 Å². The van der Waals surface area contributed by atoms with Gasteiger partial charge in [-0.25, -0.2) is 9.78 Å². The second kappa shape index (κ2) is 6.17. The Balaban J connectivity index is 3.13. The molecule has 0 aromatic carbocycles. The van der Waals surface area contributed by atoms with Crippen LogP contribution >= 0.6 is 0 Å². The molecule has 2 nitrogen and oxygen atoms in total. The minimum absolute atomic E-state index is 0.200. The molecule has 0 saturated carbocycles. The molecule has 0 amide bonds. The number of unbranched alkanes of at least 4 members (excludes halogenated alkanes) is 1. The largest absolute Gasteiger partial charge is 0.236 e. The molecular formula is C11H22O2. The van der Waals surface area contributed by atoms with Crippen LogP contribution < -0.4 is 0 Å². The molecule has 0 aliphatic rings. The molecule has 0 spiro atoms. The summed E-state index contributed by atoms with van der Waals surface area (Å²) in [6.07, 6.45) is 3.24. The first-order valence-corrected chi connectivity index (χ1v) is 4.87. The van der Waals surface area contributed by atoms with Crippen molar-refractivity contribution in [1.29, 1.82) is 0 Å². The van der Waals surface area contributed by atoms with Crippen molar-refractivity contribution in [2.45, 2.75) is 52.6 Å². The Kier molecular flexibility index (Phi) is 6.00. The maximum Gasteiger partial charge on any atom is 0.0952 e. The van der Waals surface area contributed by atoms with Crippen LogP contribution in [0.4, 0.5) is 0 Å². The lowest BCUT2D eigenvalue weighted by molar-refractivity contribution is -0.348. The molecule has 0 radical (unpaired) electrons. The van der Waals surface area contributed by atoms with E-state index in [9.17, 15) is 0 Å². The minimum Gasteiger partial charge on any atom is -0.236 e. The van der Waals surface area contributed by atoms with Crippen molar-refractivity contribution in [3.8, 4) is 0 Å². The van der Waals surface area contributed by atoms with Crippen molar-refractivity contribution in [1.82, 2.24) is 0 Å². The number of hydrogen-bond acceptors (Lipinski definition) is 2. The fraction of sp³-hybridized carbons (Fsp3) is 0.818. The zero-order chi connectivity index (χ0) is 10.3. The topological polar surface area (TPSA) is 18.5 Å². The molecule has 0 bridgehead atoms. The predicted molar refractivity (Wildman–Crippen MR) is 55.5 cm³/mol. The van der Waals surface area contributed by atoms with E-state index in [0.717, 1.165) is 19.3 Å². The summed E-state index contributed by atoms with van der Waals surface area (Å²) in [6.45, 7) is 12.5. The third-order valence-corrected chi connectivity index (χ3v) is 1.39. The molecule has 78 valence electrons. The average Bonchev–Trinajstić information content (AvgIpc) is 1.93. The van der Waals surface area contributed by atoms with Crippen molar-refractivity contribution in [3.05, 3.63) is 12.2 Å². The van der Waals surface area contributed by atoms with Gasteiger partial charge in [-0.3, -0.25) is 0 Å². The predicted octanol–water partition coefficient (Wildman–Crippen LogP) is 3.48. The van der Waals surface area contributed by atoms with Gasteiger partial charge in [0.05, 0.1) is 12.2 Å². The van der Waals surface area contributed by atoms with Gasteiger partial charge in [0.2, 0.25) is 0 Å². The van der Waals surface area contributed by atoms with Crippen molar-refractivity contribution in [2.75, 3.05) is 6.61 Å². The first kappa shape index (κ1) is 12.7. The Hall–Kier alpha value is -0.340. The molecule has 0 aromatic rings. The Bertz CT molecular complexity index is 145. The standard InChI is InChI=1S/C11H22O2/c1-10(2)8-6-7-9-12-13-11(3,4)5/h1,6-9H2,2-5H3. The summed E-state index contributed by atoms with van der Waals surface area (Å²) in [5.74, 6) is 0. The van der Waals surface area contributed by atoms with Crippen LogP contribution in [0.25, 0.3) is 0 Å². The van der Waals surface area contributed by atoms with E-state index in [2.05, 4.69) is 6.58 Å². The second-order valence-electron chi connectivity index (χ2n) is 4.43. The smallest absolute Gasteiger partial charge is 0.0952 e. The zero-order valence-corrected chi connectivity index (χ0v) is 9.35. The van der Waals surface area contributed by atoms with Crippen molar-refractivity contribution in [3.63, 3.8) is 0 Å². The second-order valence-corrected chi connectivity index (χ2v) is 4.43. The van der Waals surface area contributed by atoms with Gasteiger partial charge in [0.15, 0.2) is 0 Å². The summed E-state index contributed by atoms with van der Waals surface area (Å²) in [7, 11) is 0. The summed E-state index contributed by atoms with van der Waals surface area (Å²) >= 11 is 0. The molecule has 0 unspecified atom stereocenters. The third kappa shape index (κ3) is 11.7. The van der Waals surface area contributed by atoms with Crippen LogP contribution in [-0.2, 0) is 9.78 Å². The van der Waals surface area contributed by atoms with E-state index in [-0.39, 0.29) is 5.60 Å². The van der Waals surface area contributed by atoms with Crippen LogP contribution in [0, 0.1) is 0 Å². The summed E-state index contributed by atoms with van der Waals surface area (Å²) < 4.78 is 0. The van der Waals surface area contributed by atoms with Gasteiger partial charge >= 0.3 is 0 Å². The molecule has 0 aromatic heterocycles. The highest BCUT2D eigenvalue weighted by molar-refractivity contribution is 4.86. The Morgan fingerprint density at radius 2 is 1.85 bits per heavy atom. The normalized spacial score (nSPS) is 11.7. The molecule has 0 atom stereocenters. The van der Waals surface area contributed by atoms with Gasteiger partial charge in [-0.1, -0.05) is 5.57 Å². The molecule has 0 fully saturated rings. The maximum atomic E-state index is 5.11. The van der Waals surface area contributed by atoms with E-state index in [4.69, 9.17) is 9.78 Å². The highest BCUT2D eigenvalue weighted by atomic mass is 17.2. The average molecular weight is 186 g/mol. The summed E-state index contributed by atoms with van der Waals surface area (Å²) in [5.41, 5.74) is 1.03. The quantitative estimate of drug-likeness (QED) is 0.274. The summed E-state index contributed by atoms with van der Waals surface area (Å²) in [4.78, 5) is 10.2. The molecule has 0 rings (SSSR count). The highest BCUT2D eigenvalue weighted by Crippen LogP contribution is 2.08. The number of rotatable bonds is 6. The van der Waals surface area contributed by atoms with Gasteiger partial charge in [-0.2, -0.15) is 0 Å². The molecule has 0 heterocycles. The van der Waals surface area contributed by atoms with E-state index in [1.165, 1.54) is 5.57 Å². The summed E-state index contributed by atoms with van der Waals surface area (Å²) in [6, 6.07) is 0. The molecule has 0 aliphatic carbocycles. The van der Waals surface area contributed by atoms with Gasteiger partial charge in [-0.05, 0) is 47.0 Å². The van der Waals surface area contributed by atoms with Crippen molar-refractivity contribution < 1.29 is 9.78 Å². The van der Waals surface area contributed by atoms with Crippen LogP contribution in [0.5, 0.6) is 0 Å². The van der Waals surface area contributed by atoms with E-state index >= 15 is 0 Å². The highest BCUT2D eigenvalue weighted by Gasteiger charge is 2.10. The van der Waals surface area contributed by atoms with E-state index in [1.807, 2.05) is 27.7 Å². The minimum atomic E-state index is -0.200. The molecule has 0 saturated heterocycles. The van der Waals surface area contributed by atoms with E-state index in [1.54, 1.807) is 0 Å². The fourth-order valence-electron chi connectivity index (χ4n) is 0.806. The fourth-order valence-corrected chi connectivity index (χ4v) is 0.806. The monoisotopic (exact) mass is 186 g/mol. The van der Waals surface area contributed by atoms with Crippen LogP contribution in [0.1, 0.15) is 47.0 Å². The number of allylic oxidation sites excluding steroid dienone is 1. The Morgan fingerprint density at radius 3 is 2.31 bits per heavy atom. The van der Waals surface area contributed by atoms with E-state index < -0.39 is 0 Å². The van der Waals surface area contributed by atoms with Crippen LogP contribution in [0.2, 0.25) is 0 Å². The van der Waals surface area contributed by atoms with Crippen molar-refractivity contribution in [2.24, 2.45) is 0 Å². The van der Waals surface area contributed by atoms with Gasteiger partial charge in [0.1, 0.15) is 0 Å². The summed E-state index contributed by atoms with van der Waals surface area (Å²) in [5, 5.41) is 0. The first-order valence-electron chi connectivity index (χ1n) is 4.87. The van der Waals surface area contributed by atoms with Gasteiger partial charge in [0.25, 0.3) is 0 Å². The molecule has 2 heteroatoms. The third-order valence-electron chi connectivity index (χ3n) is 1.39. The van der Waals surface area contributed by atoms with Crippen molar-refractivity contribution >= 4 is 0 Å². The number of hydrogen-bond donors (Lipinski definition) is 0. The lowest BCUT2D eigenvalue weighted by Crippen LogP contribution is -2.19. The Morgan fingerprint density at radius 1 is 1.23 bits per heavy atom. The SMILES string of the molecule is C=C(C)CCCCOOC(C)(C)C. The van der Waals surface area contributed by atoms with Crippen LogP contribution in [-0.4, -0.2) is 12.2 Å². The Labute approximate surface area is 81.9 Å². The van der Waals surface area contributed by atoms with E-state index in [0.29, 0.717) is 6.61 Å². The zero-order valence-electron chi connectivity index (χ0n) is 9.35. The lowest BCUT2D eigenvalue weighted by Gasteiger charge is -2.17. The lowest BCUT2D eigenvalue weighted by atomic mass is 10.1. The first-order chi connectivity index (χ1) is 5.92. The van der Waals surface area contributed by atoms with Gasteiger partial charge in [0, 0.05) is 0 Å². The van der Waals surface area contributed by atoms with Gasteiger partial charge in [-0.15, -0.1) is 6.58 Å². The molecule has 13 heavy (non-hydrogen) atoms. The molecule has 0 N–H and O–H groups in total. The van der Waals surface area contributed by atoms with Crippen LogP contribution in [0.3, 0.4) is 0 Å². The maximum absolute atomic E-state index is 5.11. The van der Waals surface area contributed by atoms with Gasteiger partial charge < -0.3 is 0 Å². The molecular weight excluding hydrogens is 164 g/mol.